The molecule has 0 amide bonds. The van der Waals surface area contributed by atoms with Crippen LogP contribution in [-0.2, 0) is 4.74 Å². The summed E-state index contributed by atoms with van der Waals surface area (Å²) in [5.74, 6) is 4.16. The van der Waals surface area contributed by atoms with E-state index in [4.69, 9.17) is 9.72 Å². The van der Waals surface area contributed by atoms with Gasteiger partial charge in [-0.15, -0.1) is 0 Å². The highest BCUT2D eigenvalue weighted by atomic mass is 32.2. The molecule has 1 aromatic rings. The van der Waals surface area contributed by atoms with Crippen LogP contribution in [0.4, 0.5) is 11.8 Å². The Bertz CT molecular complexity index is 490. The maximum absolute atomic E-state index is 9.49. The summed E-state index contributed by atoms with van der Waals surface area (Å²) in [7, 11) is 0. The van der Waals surface area contributed by atoms with Crippen molar-refractivity contribution in [1.82, 2.24) is 9.97 Å². The van der Waals surface area contributed by atoms with Crippen molar-refractivity contribution in [2.75, 3.05) is 54.6 Å². The number of anilines is 2. The van der Waals surface area contributed by atoms with Gasteiger partial charge in [0.1, 0.15) is 5.82 Å². The third-order valence-corrected chi connectivity index (χ3v) is 4.88. The van der Waals surface area contributed by atoms with Gasteiger partial charge < -0.3 is 20.1 Å². The average Bonchev–Trinajstić information content (AvgIpc) is 3.02. The molecule has 2 aliphatic rings. The quantitative estimate of drug-likeness (QED) is 0.733. The summed E-state index contributed by atoms with van der Waals surface area (Å²) in [4.78, 5) is 11.3. The van der Waals surface area contributed by atoms with Gasteiger partial charge in [0.2, 0.25) is 5.95 Å². The molecule has 0 radical (unpaired) electrons. The molecule has 0 aliphatic carbocycles. The van der Waals surface area contributed by atoms with Crippen molar-refractivity contribution in [3.8, 4) is 0 Å². The fourth-order valence-electron chi connectivity index (χ4n) is 2.68. The highest BCUT2D eigenvalue weighted by molar-refractivity contribution is 7.99. The number of nitrogens with zero attached hydrogens (tertiary/aromatic N) is 3. The molecule has 7 heteroatoms. The maximum atomic E-state index is 9.49. The lowest BCUT2D eigenvalue weighted by Crippen LogP contribution is -2.51. The smallest absolute Gasteiger partial charge is 0.227 e. The van der Waals surface area contributed by atoms with E-state index in [2.05, 4.69) is 23.3 Å². The molecule has 2 N–H and O–H groups in total. The zero-order valence-electron chi connectivity index (χ0n) is 13.0. The van der Waals surface area contributed by atoms with E-state index in [1.54, 1.807) is 0 Å². The molecule has 1 atom stereocenters. The van der Waals surface area contributed by atoms with Gasteiger partial charge in [0.25, 0.3) is 0 Å². The van der Waals surface area contributed by atoms with Crippen molar-refractivity contribution < 1.29 is 9.84 Å². The van der Waals surface area contributed by atoms with Gasteiger partial charge in [-0.2, -0.15) is 16.7 Å². The van der Waals surface area contributed by atoms with Gasteiger partial charge in [0.15, 0.2) is 0 Å². The number of thioether (sulfide) groups is 1. The molecule has 1 unspecified atom stereocenters. The van der Waals surface area contributed by atoms with Gasteiger partial charge in [0.05, 0.1) is 18.4 Å². The molecule has 2 aliphatic heterocycles. The summed E-state index contributed by atoms with van der Waals surface area (Å²) in [6.07, 6.45) is 0.768. The fraction of sp³-hybridized carbons (Fsp3) is 0.733. The average molecular weight is 324 g/mol. The minimum atomic E-state index is -0.251. The van der Waals surface area contributed by atoms with Crippen molar-refractivity contribution in [1.29, 1.82) is 0 Å². The van der Waals surface area contributed by atoms with Crippen LogP contribution in [0.25, 0.3) is 0 Å². The molecule has 22 heavy (non-hydrogen) atoms. The minimum absolute atomic E-state index is 0.251. The molecule has 0 aromatic carbocycles. The molecule has 2 fully saturated rings. The lowest BCUT2D eigenvalue weighted by Gasteiger charge is -2.36. The molecule has 0 spiro atoms. The summed E-state index contributed by atoms with van der Waals surface area (Å²) < 4.78 is 5.48. The van der Waals surface area contributed by atoms with Gasteiger partial charge in [0, 0.05) is 44.0 Å². The molecule has 0 saturated carbocycles. The number of nitrogens with one attached hydrogen (secondary N) is 1. The van der Waals surface area contributed by atoms with Gasteiger partial charge in [-0.25, -0.2) is 4.98 Å². The van der Waals surface area contributed by atoms with E-state index in [-0.39, 0.29) is 6.10 Å². The Balaban J connectivity index is 1.72. The van der Waals surface area contributed by atoms with Crippen LogP contribution < -0.4 is 10.2 Å². The molecule has 3 heterocycles. The van der Waals surface area contributed by atoms with Gasteiger partial charge >= 0.3 is 0 Å². The van der Waals surface area contributed by atoms with E-state index < -0.39 is 0 Å². The van der Waals surface area contributed by atoms with E-state index in [1.165, 1.54) is 0 Å². The molecule has 1 aromatic heterocycles. The number of β-amino-alcohol motifs (C(OH)–C–C–N with tert-alkyl or cyclic N) is 1. The standard InChI is InChI=1S/C15H24N4O2S/c1-2-22-6-4-16-14-7-13(11-3-5-21-10-11)17-15(18-14)19-8-12(20)9-19/h7,11-12,20H,2-6,8-10H2,1H3,(H,16,17,18). The van der Waals surface area contributed by atoms with Crippen molar-refractivity contribution in [2.24, 2.45) is 0 Å². The number of aromatic nitrogens is 2. The summed E-state index contributed by atoms with van der Waals surface area (Å²) >= 11 is 1.91. The van der Waals surface area contributed by atoms with E-state index in [0.717, 1.165) is 55.1 Å². The molecular formula is C15H24N4O2S. The maximum Gasteiger partial charge on any atom is 0.227 e. The second kappa shape index (κ2) is 7.48. The Morgan fingerprint density at radius 2 is 2.32 bits per heavy atom. The van der Waals surface area contributed by atoms with E-state index >= 15 is 0 Å². The highest BCUT2D eigenvalue weighted by Crippen LogP contribution is 2.28. The molecule has 122 valence electrons. The largest absolute Gasteiger partial charge is 0.389 e. The molecule has 2 saturated heterocycles. The molecule has 0 bridgehead atoms. The monoisotopic (exact) mass is 324 g/mol. The van der Waals surface area contributed by atoms with Crippen LogP contribution >= 0.6 is 11.8 Å². The number of aliphatic hydroxyl groups is 1. The predicted molar refractivity (Wildman–Crippen MR) is 89.9 cm³/mol. The van der Waals surface area contributed by atoms with Crippen molar-refractivity contribution >= 4 is 23.5 Å². The third-order valence-electron chi connectivity index (χ3n) is 3.98. The third kappa shape index (κ3) is 3.83. The van der Waals surface area contributed by atoms with E-state index in [0.29, 0.717) is 19.0 Å². The Morgan fingerprint density at radius 3 is 3.00 bits per heavy atom. The first kappa shape index (κ1) is 15.8. The summed E-state index contributed by atoms with van der Waals surface area (Å²) in [6, 6.07) is 2.05. The second-order valence-corrected chi connectivity index (χ2v) is 7.11. The normalized spacial score (nSPS) is 21.9. The Morgan fingerprint density at radius 1 is 1.45 bits per heavy atom. The first-order chi connectivity index (χ1) is 10.8. The van der Waals surface area contributed by atoms with Crippen LogP contribution in [0.15, 0.2) is 6.07 Å². The van der Waals surface area contributed by atoms with E-state index in [1.807, 2.05) is 16.7 Å². The van der Waals surface area contributed by atoms with Crippen LogP contribution in [0, 0.1) is 0 Å². The van der Waals surface area contributed by atoms with Crippen LogP contribution in [0.3, 0.4) is 0 Å². The second-order valence-electron chi connectivity index (χ2n) is 5.72. The number of aliphatic hydroxyl groups excluding tert-OH is 1. The first-order valence-corrected chi connectivity index (χ1v) is 9.13. The van der Waals surface area contributed by atoms with Gasteiger partial charge in [-0.05, 0) is 12.2 Å². The first-order valence-electron chi connectivity index (χ1n) is 7.97. The Kier molecular flexibility index (Phi) is 5.38. The van der Waals surface area contributed by atoms with Crippen LogP contribution in [-0.4, -0.2) is 65.5 Å². The number of hydrogen-bond donors (Lipinski definition) is 2. The zero-order valence-corrected chi connectivity index (χ0v) is 13.8. The summed E-state index contributed by atoms with van der Waals surface area (Å²) in [5, 5.41) is 12.9. The summed E-state index contributed by atoms with van der Waals surface area (Å²) in [5.41, 5.74) is 1.05. The minimum Gasteiger partial charge on any atom is -0.389 e. The number of ether oxygens (including phenoxy) is 1. The van der Waals surface area contributed by atoms with Crippen molar-refractivity contribution in [2.45, 2.75) is 25.4 Å². The van der Waals surface area contributed by atoms with Crippen molar-refractivity contribution in [3.63, 3.8) is 0 Å². The number of hydrogen-bond acceptors (Lipinski definition) is 7. The highest BCUT2D eigenvalue weighted by Gasteiger charge is 2.28. The van der Waals surface area contributed by atoms with Crippen LogP contribution in [0.1, 0.15) is 25.0 Å². The Labute approximate surface area is 135 Å². The van der Waals surface area contributed by atoms with Crippen LogP contribution in [0.2, 0.25) is 0 Å². The van der Waals surface area contributed by atoms with E-state index in [9.17, 15) is 5.11 Å². The molecule has 6 nitrogen and oxygen atoms in total. The number of rotatable bonds is 7. The summed E-state index contributed by atoms with van der Waals surface area (Å²) in [6.45, 7) is 5.86. The van der Waals surface area contributed by atoms with Crippen LogP contribution in [0.5, 0.6) is 0 Å². The Hall–Kier alpha value is -1.05. The molecular weight excluding hydrogens is 300 g/mol. The topological polar surface area (TPSA) is 70.5 Å². The SMILES string of the molecule is CCSCCNc1cc(C2CCOC2)nc(N2CC(O)C2)n1. The zero-order chi connectivity index (χ0) is 15.4. The molecule has 3 rings (SSSR count). The van der Waals surface area contributed by atoms with Gasteiger partial charge in [-0.3, -0.25) is 0 Å². The fourth-order valence-corrected chi connectivity index (χ4v) is 3.21. The van der Waals surface area contributed by atoms with Gasteiger partial charge in [-0.1, -0.05) is 6.92 Å². The lowest BCUT2D eigenvalue weighted by atomic mass is 10.0. The lowest BCUT2D eigenvalue weighted by molar-refractivity contribution is 0.140. The van der Waals surface area contributed by atoms with Crippen molar-refractivity contribution in [3.05, 3.63) is 11.8 Å². The predicted octanol–water partition coefficient (Wildman–Crippen LogP) is 1.33.